The molecule has 1 atom stereocenters. The zero-order valence-corrected chi connectivity index (χ0v) is 16.3. The Hall–Kier alpha value is -2.99. The first-order chi connectivity index (χ1) is 13.3. The predicted octanol–water partition coefficient (Wildman–Crippen LogP) is 3.67. The number of carbonyl (C=O) groups excluding carboxylic acids is 1. The van der Waals surface area contributed by atoms with Gasteiger partial charge in [0, 0.05) is 23.9 Å². The first-order valence-electron chi connectivity index (χ1n) is 9.19. The van der Waals surface area contributed by atoms with E-state index in [1.165, 1.54) is 12.1 Å². The fraction of sp³-hybridized carbons (Fsp3) is 0.273. The molecule has 6 heteroatoms. The van der Waals surface area contributed by atoms with Crippen LogP contribution in [-0.4, -0.2) is 21.7 Å². The van der Waals surface area contributed by atoms with Crippen LogP contribution in [0.1, 0.15) is 26.3 Å². The van der Waals surface area contributed by atoms with E-state index in [1.807, 2.05) is 57.3 Å². The molecule has 0 radical (unpaired) electrons. The minimum absolute atomic E-state index is 0.218. The fourth-order valence-electron chi connectivity index (χ4n) is 2.79. The van der Waals surface area contributed by atoms with Gasteiger partial charge in [0.25, 0.3) is 0 Å². The van der Waals surface area contributed by atoms with E-state index in [2.05, 4.69) is 10.4 Å². The zero-order chi connectivity index (χ0) is 20.3. The van der Waals surface area contributed by atoms with Crippen LogP contribution in [0.3, 0.4) is 0 Å². The van der Waals surface area contributed by atoms with Crippen molar-refractivity contribution < 1.29 is 9.18 Å². The fourth-order valence-corrected chi connectivity index (χ4v) is 2.79. The molecule has 0 fully saturated rings. The van der Waals surface area contributed by atoms with Crippen LogP contribution in [0.25, 0.3) is 16.9 Å². The van der Waals surface area contributed by atoms with Gasteiger partial charge in [0.1, 0.15) is 5.82 Å². The van der Waals surface area contributed by atoms with Crippen LogP contribution in [0.15, 0.2) is 60.8 Å². The minimum atomic E-state index is -0.620. The third kappa shape index (κ3) is 4.46. The van der Waals surface area contributed by atoms with E-state index >= 15 is 0 Å². The van der Waals surface area contributed by atoms with Crippen LogP contribution in [0, 0.1) is 11.2 Å². The molecule has 1 heterocycles. The highest BCUT2D eigenvalue weighted by Gasteiger charge is 2.27. The Morgan fingerprint density at radius 3 is 2.39 bits per heavy atom. The molecule has 28 heavy (non-hydrogen) atoms. The summed E-state index contributed by atoms with van der Waals surface area (Å²) in [5.41, 5.74) is 8.90. The first-order valence-corrected chi connectivity index (χ1v) is 9.19. The number of rotatable bonds is 5. The van der Waals surface area contributed by atoms with E-state index in [9.17, 15) is 9.18 Å². The van der Waals surface area contributed by atoms with Crippen molar-refractivity contribution >= 4 is 5.91 Å². The summed E-state index contributed by atoms with van der Waals surface area (Å²) in [5.74, 6) is -0.526. The van der Waals surface area contributed by atoms with Crippen molar-refractivity contribution in [1.82, 2.24) is 15.1 Å². The number of nitrogens with two attached hydrogens (primary N) is 1. The summed E-state index contributed by atoms with van der Waals surface area (Å²) < 4.78 is 15.1. The van der Waals surface area contributed by atoms with Crippen molar-refractivity contribution in [3.8, 4) is 16.9 Å². The van der Waals surface area contributed by atoms with E-state index in [0.29, 0.717) is 5.69 Å². The molecule has 0 saturated heterocycles. The molecule has 3 aromatic rings. The van der Waals surface area contributed by atoms with Crippen LogP contribution in [0.5, 0.6) is 0 Å². The summed E-state index contributed by atoms with van der Waals surface area (Å²) in [6, 6.07) is 15.2. The predicted molar refractivity (Wildman–Crippen MR) is 108 cm³/mol. The summed E-state index contributed by atoms with van der Waals surface area (Å²) >= 11 is 0. The Bertz CT molecular complexity index is 943. The lowest BCUT2D eigenvalue weighted by Crippen LogP contribution is -2.48. The molecule has 3 N–H and O–H groups in total. The Kier molecular flexibility index (Phi) is 5.61. The van der Waals surface area contributed by atoms with Crippen LogP contribution in [0.2, 0.25) is 0 Å². The monoisotopic (exact) mass is 380 g/mol. The molecule has 146 valence electrons. The second kappa shape index (κ2) is 7.94. The van der Waals surface area contributed by atoms with E-state index in [4.69, 9.17) is 5.73 Å². The molecule has 2 aromatic carbocycles. The van der Waals surface area contributed by atoms with Crippen LogP contribution >= 0.6 is 0 Å². The van der Waals surface area contributed by atoms with E-state index in [1.54, 1.807) is 16.8 Å². The second-order valence-electron chi connectivity index (χ2n) is 7.85. The Balaban J connectivity index is 1.91. The highest BCUT2D eigenvalue weighted by Crippen LogP contribution is 2.24. The summed E-state index contributed by atoms with van der Waals surface area (Å²) in [7, 11) is 0. The number of hydrogen-bond donors (Lipinski definition) is 2. The van der Waals surface area contributed by atoms with Gasteiger partial charge in [0.05, 0.1) is 17.4 Å². The molecule has 5 nitrogen and oxygen atoms in total. The maximum atomic E-state index is 13.3. The normalized spacial score (nSPS) is 12.6. The van der Waals surface area contributed by atoms with Crippen molar-refractivity contribution in [3.05, 3.63) is 72.2 Å². The van der Waals surface area contributed by atoms with Crippen LogP contribution < -0.4 is 11.1 Å². The Morgan fingerprint density at radius 2 is 1.79 bits per heavy atom. The number of hydrogen-bond acceptors (Lipinski definition) is 3. The Morgan fingerprint density at radius 1 is 1.14 bits per heavy atom. The lowest BCUT2D eigenvalue weighted by Gasteiger charge is -2.25. The first kappa shape index (κ1) is 19.8. The standard InChI is InChI=1S/C22H25FN4O/c1-22(2,3)20(24)21(28)25-13-16-14-27(18-7-5-4-6-8-18)26-19(16)15-9-11-17(23)12-10-15/h4-12,14,20H,13,24H2,1-3H3,(H,25,28)/t20-/m1/s1. The van der Waals surface area contributed by atoms with Gasteiger partial charge in [0.2, 0.25) is 5.91 Å². The summed E-state index contributed by atoms with van der Waals surface area (Å²) in [6.07, 6.45) is 1.87. The quantitative estimate of drug-likeness (QED) is 0.709. The topological polar surface area (TPSA) is 72.9 Å². The van der Waals surface area contributed by atoms with Gasteiger partial charge in [-0.1, -0.05) is 39.0 Å². The van der Waals surface area contributed by atoms with Gasteiger partial charge >= 0.3 is 0 Å². The average molecular weight is 380 g/mol. The maximum absolute atomic E-state index is 13.3. The minimum Gasteiger partial charge on any atom is -0.351 e. The maximum Gasteiger partial charge on any atom is 0.237 e. The molecular formula is C22H25FN4O. The van der Waals surface area contributed by atoms with Crippen molar-refractivity contribution in [2.45, 2.75) is 33.4 Å². The lowest BCUT2D eigenvalue weighted by atomic mass is 9.87. The van der Waals surface area contributed by atoms with Crippen molar-refractivity contribution in [2.75, 3.05) is 0 Å². The molecular weight excluding hydrogens is 355 g/mol. The smallest absolute Gasteiger partial charge is 0.237 e. The van der Waals surface area contributed by atoms with Gasteiger partial charge in [0.15, 0.2) is 0 Å². The Labute approximate surface area is 164 Å². The highest BCUT2D eigenvalue weighted by atomic mass is 19.1. The molecule has 0 unspecified atom stereocenters. The van der Waals surface area contributed by atoms with Crippen molar-refractivity contribution in [2.24, 2.45) is 11.1 Å². The summed E-state index contributed by atoms with van der Waals surface area (Å²) in [5, 5.41) is 7.56. The molecule has 3 rings (SSSR count). The second-order valence-corrected chi connectivity index (χ2v) is 7.85. The number of aromatic nitrogens is 2. The average Bonchev–Trinajstić information content (AvgIpc) is 3.10. The van der Waals surface area contributed by atoms with Crippen molar-refractivity contribution in [3.63, 3.8) is 0 Å². The summed E-state index contributed by atoms with van der Waals surface area (Å²) in [6.45, 7) is 6.06. The SMILES string of the molecule is CC(C)(C)[C@H](N)C(=O)NCc1cn(-c2ccccc2)nc1-c1ccc(F)cc1. The molecule has 0 aliphatic rings. The van der Waals surface area contributed by atoms with E-state index in [0.717, 1.165) is 16.8 Å². The number of carbonyl (C=O) groups is 1. The molecule has 0 saturated carbocycles. The zero-order valence-electron chi connectivity index (χ0n) is 16.3. The van der Waals surface area contributed by atoms with Gasteiger partial charge in [-0.2, -0.15) is 5.10 Å². The number of nitrogens with zero attached hydrogens (tertiary/aromatic N) is 2. The third-order valence-corrected chi connectivity index (χ3v) is 4.60. The van der Waals surface area contributed by atoms with Gasteiger partial charge in [-0.25, -0.2) is 9.07 Å². The summed E-state index contributed by atoms with van der Waals surface area (Å²) in [4.78, 5) is 12.4. The lowest BCUT2D eigenvalue weighted by molar-refractivity contribution is -0.124. The van der Waals surface area contributed by atoms with Gasteiger partial charge < -0.3 is 11.1 Å². The highest BCUT2D eigenvalue weighted by molar-refractivity contribution is 5.82. The molecule has 0 spiro atoms. The van der Waals surface area contributed by atoms with Crippen molar-refractivity contribution in [1.29, 1.82) is 0 Å². The number of halogens is 1. The molecule has 0 bridgehead atoms. The van der Waals surface area contributed by atoms with Gasteiger partial charge in [-0.05, 0) is 41.8 Å². The van der Waals surface area contributed by atoms with Crippen LogP contribution in [-0.2, 0) is 11.3 Å². The largest absolute Gasteiger partial charge is 0.351 e. The number of benzene rings is 2. The van der Waals surface area contributed by atoms with E-state index < -0.39 is 6.04 Å². The third-order valence-electron chi connectivity index (χ3n) is 4.60. The number of amides is 1. The molecule has 1 aromatic heterocycles. The van der Waals surface area contributed by atoms with Gasteiger partial charge in [-0.15, -0.1) is 0 Å². The molecule has 0 aliphatic heterocycles. The number of nitrogens with one attached hydrogen (secondary N) is 1. The molecule has 0 aliphatic carbocycles. The van der Waals surface area contributed by atoms with E-state index in [-0.39, 0.29) is 23.7 Å². The van der Waals surface area contributed by atoms with Crippen LogP contribution in [0.4, 0.5) is 4.39 Å². The van der Waals surface area contributed by atoms with Gasteiger partial charge in [-0.3, -0.25) is 4.79 Å². The number of para-hydroxylation sites is 1. The molecule has 1 amide bonds.